The highest BCUT2D eigenvalue weighted by atomic mass is 16.1. The fourth-order valence-electron chi connectivity index (χ4n) is 0.855. The van der Waals surface area contributed by atoms with E-state index in [4.69, 9.17) is 0 Å². The summed E-state index contributed by atoms with van der Waals surface area (Å²) in [6.45, 7) is 2.97. The molecule has 0 radical (unpaired) electrons. The Morgan fingerprint density at radius 1 is 1.75 bits per heavy atom. The van der Waals surface area contributed by atoms with E-state index < -0.39 is 0 Å². The number of hydrogen-bond donors (Lipinski definition) is 2. The van der Waals surface area contributed by atoms with Crippen molar-refractivity contribution in [2.75, 3.05) is 19.6 Å². The van der Waals surface area contributed by atoms with Crippen molar-refractivity contribution in [1.29, 1.82) is 0 Å². The molecule has 0 aromatic heterocycles. The highest BCUT2D eigenvalue weighted by Crippen LogP contribution is 1.72. The van der Waals surface area contributed by atoms with Crippen LogP contribution in [-0.2, 0) is 4.79 Å². The van der Waals surface area contributed by atoms with Crippen LogP contribution < -0.4 is 10.6 Å². The highest BCUT2D eigenvalue weighted by Gasteiger charge is 2.11. The van der Waals surface area contributed by atoms with Crippen molar-refractivity contribution in [3.63, 3.8) is 0 Å². The van der Waals surface area contributed by atoms with E-state index >= 15 is 0 Å². The molecule has 46 valence electrons. The number of quaternary nitrogens is 1. The van der Waals surface area contributed by atoms with Gasteiger partial charge in [0.15, 0.2) is 0 Å². The summed E-state index contributed by atoms with van der Waals surface area (Å²) in [6.07, 6.45) is 0.968. The highest BCUT2D eigenvalue weighted by molar-refractivity contribution is 5.57. The second kappa shape index (κ2) is 2.79. The maximum atomic E-state index is 10.1. The van der Waals surface area contributed by atoms with Gasteiger partial charge in [-0.3, -0.25) is 5.32 Å². The van der Waals surface area contributed by atoms with Crippen LogP contribution in [0, 0.1) is 0 Å². The molecule has 0 spiro atoms. The molecule has 1 heterocycles. The maximum Gasteiger partial charge on any atom is 0.142 e. The molecule has 0 aliphatic carbocycles. The minimum atomic E-state index is 0.101. The van der Waals surface area contributed by atoms with Crippen molar-refractivity contribution in [2.45, 2.75) is 6.04 Å². The molecule has 1 rings (SSSR count). The molecule has 1 unspecified atom stereocenters. The van der Waals surface area contributed by atoms with Crippen LogP contribution in [0.25, 0.3) is 0 Å². The van der Waals surface area contributed by atoms with E-state index in [-0.39, 0.29) is 6.04 Å². The number of piperazine rings is 1. The molecule has 0 amide bonds. The summed E-state index contributed by atoms with van der Waals surface area (Å²) in [5.74, 6) is 0. The van der Waals surface area contributed by atoms with Gasteiger partial charge in [0.1, 0.15) is 12.3 Å². The van der Waals surface area contributed by atoms with E-state index in [0.29, 0.717) is 0 Å². The first-order valence-corrected chi connectivity index (χ1v) is 2.94. The van der Waals surface area contributed by atoms with E-state index in [1.54, 1.807) is 0 Å². The van der Waals surface area contributed by atoms with Gasteiger partial charge in [-0.2, -0.15) is 0 Å². The molecule has 3 heteroatoms. The van der Waals surface area contributed by atoms with Gasteiger partial charge in [0, 0.05) is 6.54 Å². The Hall–Kier alpha value is -0.410. The number of carbonyl (C=O) groups excluding carboxylic acids is 1. The lowest BCUT2D eigenvalue weighted by atomic mass is 10.3. The zero-order chi connectivity index (χ0) is 5.82. The summed E-state index contributed by atoms with van der Waals surface area (Å²) in [5.41, 5.74) is 0. The molecule has 3 nitrogen and oxygen atoms in total. The zero-order valence-corrected chi connectivity index (χ0v) is 4.76. The molecule has 0 bridgehead atoms. The number of nitrogens with two attached hydrogens (primary N) is 1. The Morgan fingerprint density at radius 2 is 2.62 bits per heavy atom. The van der Waals surface area contributed by atoms with Crippen molar-refractivity contribution < 1.29 is 10.1 Å². The Labute approximate surface area is 48.5 Å². The first-order valence-electron chi connectivity index (χ1n) is 2.94. The van der Waals surface area contributed by atoms with Crippen molar-refractivity contribution in [2.24, 2.45) is 0 Å². The average Bonchev–Trinajstić information content (AvgIpc) is 1.90. The molecule has 1 saturated heterocycles. The molecule has 0 aromatic carbocycles. The summed E-state index contributed by atoms with van der Waals surface area (Å²) >= 11 is 0. The van der Waals surface area contributed by atoms with Crippen molar-refractivity contribution in [3.8, 4) is 0 Å². The molecule has 0 saturated carbocycles. The topological polar surface area (TPSA) is 45.7 Å². The molecular weight excluding hydrogens is 104 g/mol. The first-order chi connectivity index (χ1) is 3.93. The summed E-state index contributed by atoms with van der Waals surface area (Å²) < 4.78 is 0. The first kappa shape index (κ1) is 5.72. The van der Waals surface area contributed by atoms with E-state index in [1.165, 1.54) is 0 Å². The fraction of sp³-hybridized carbons (Fsp3) is 0.800. The Balaban J connectivity index is 2.22. The fourth-order valence-corrected chi connectivity index (χ4v) is 0.855. The third-order valence-electron chi connectivity index (χ3n) is 1.34. The van der Waals surface area contributed by atoms with Crippen molar-refractivity contribution in [3.05, 3.63) is 0 Å². The molecule has 0 aromatic rings. The van der Waals surface area contributed by atoms with Crippen molar-refractivity contribution in [1.82, 2.24) is 5.32 Å². The SMILES string of the molecule is O=CC1C[NH2+]CCN1. The Morgan fingerprint density at radius 3 is 3.00 bits per heavy atom. The van der Waals surface area contributed by atoms with Crippen LogP contribution in [0.2, 0.25) is 0 Å². The third-order valence-corrected chi connectivity index (χ3v) is 1.34. The maximum absolute atomic E-state index is 10.1. The van der Waals surface area contributed by atoms with E-state index in [0.717, 1.165) is 25.9 Å². The quantitative estimate of drug-likeness (QED) is 0.378. The minimum absolute atomic E-state index is 0.101. The number of nitrogens with one attached hydrogen (secondary N) is 1. The predicted octanol–water partition coefficient (Wildman–Crippen LogP) is -2.28. The summed E-state index contributed by atoms with van der Waals surface area (Å²) in [4.78, 5) is 10.1. The Kier molecular flexibility index (Phi) is 2.00. The number of hydrogen-bond acceptors (Lipinski definition) is 2. The monoisotopic (exact) mass is 115 g/mol. The Bertz CT molecular complexity index is 78.5. The van der Waals surface area contributed by atoms with E-state index in [2.05, 4.69) is 10.6 Å². The van der Waals surface area contributed by atoms with Gasteiger partial charge in [0.2, 0.25) is 0 Å². The number of aldehydes is 1. The lowest BCUT2D eigenvalue weighted by Gasteiger charge is -2.15. The van der Waals surface area contributed by atoms with Crippen LogP contribution in [0.5, 0.6) is 0 Å². The standard InChI is InChI=1S/C5H10N2O/c8-4-5-3-6-1-2-7-5/h4-7H,1-3H2/p+1. The molecule has 3 N–H and O–H groups in total. The normalized spacial score (nSPS) is 29.8. The zero-order valence-electron chi connectivity index (χ0n) is 4.76. The van der Waals surface area contributed by atoms with Gasteiger partial charge < -0.3 is 10.1 Å². The van der Waals surface area contributed by atoms with Crippen LogP contribution in [0.15, 0.2) is 0 Å². The molecule has 1 aliphatic heterocycles. The summed E-state index contributed by atoms with van der Waals surface area (Å²) in [7, 11) is 0. The summed E-state index contributed by atoms with van der Waals surface area (Å²) in [5, 5.41) is 5.22. The van der Waals surface area contributed by atoms with Crippen LogP contribution in [0.4, 0.5) is 0 Å². The largest absolute Gasteiger partial charge is 0.344 e. The number of carbonyl (C=O) groups is 1. The smallest absolute Gasteiger partial charge is 0.142 e. The average molecular weight is 115 g/mol. The van der Waals surface area contributed by atoms with Crippen molar-refractivity contribution >= 4 is 6.29 Å². The van der Waals surface area contributed by atoms with Crippen LogP contribution in [0.1, 0.15) is 0 Å². The van der Waals surface area contributed by atoms with E-state index in [9.17, 15) is 4.79 Å². The molecule has 1 fully saturated rings. The van der Waals surface area contributed by atoms with Crippen LogP contribution >= 0.6 is 0 Å². The molecule has 1 aliphatic rings. The van der Waals surface area contributed by atoms with Gasteiger partial charge in [-0.1, -0.05) is 0 Å². The minimum Gasteiger partial charge on any atom is -0.344 e. The van der Waals surface area contributed by atoms with Gasteiger partial charge in [-0.05, 0) is 0 Å². The lowest BCUT2D eigenvalue weighted by Crippen LogP contribution is -2.91. The lowest BCUT2D eigenvalue weighted by molar-refractivity contribution is -0.660. The molecule has 8 heavy (non-hydrogen) atoms. The van der Waals surface area contributed by atoms with Gasteiger partial charge in [0.25, 0.3) is 0 Å². The second-order valence-electron chi connectivity index (χ2n) is 2.01. The summed E-state index contributed by atoms with van der Waals surface area (Å²) in [6, 6.07) is 0.101. The van der Waals surface area contributed by atoms with Gasteiger partial charge in [-0.15, -0.1) is 0 Å². The van der Waals surface area contributed by atoms with Gasteiger partial charge in [0.05, 0.1) is 13.1 Å². The third kappa shape index (κ3) is 1.28. The molecular formula is C5H11N2O+. The van der Waals surface area contributed by atoms with Gasteiger partial charge >= 0.3 is 0 Å². The van der Waals surface area contributed by atoms with E-state index in [1.807, 2.05) is 0 Å². The second-order valence-corrected chi connectivity index (χ2v) is 2.01. The number of rotatable bonds is 1. The predicted molar refractivity (Wildman–Crippen MR) is 29.5 cm³/mol. The van der Waals surface area contributed by atoms with Gasteiger partial charge in [-0.25, -0.2) is 0 Å². The van der Waals surface area contributed by atoms with Crippen LogP contribution in [0.3, 0.4) is 0 Å². The van der Waals surface area contributed by atoms with Crippen LogP contribution in [-0.4, -0.2) is 32.0 Å². The molecule has 1 atom stereocenters.